The number of nitrogens with zero attached hydrogens (tertiary/aromatic N) is 2. The summed E-state index contributed by atoms with van der Waals surface area (Å²) in [5.41, 5.74) is 1.34. The molecule has 0 spiro atoms. The number of rotatable bonds is 6. The van der Waals surface area contributed by atoms with Gasteiger partial charge in [-0.1, -0.05) is 41.0 Å². The van der Waals surface area contributed by atoms with Crippen molar-refractivity contribution in [2.24, 2.45) is 10.2 Å². The van der Waals surface area contributed by atoms with Crippen LogP contribution in [-0.2, 0) is 14.8 Å². The van der Waals surface area contributed by atoms with Crippen molar-refractivity contribution in [1.29, 1.82) is 0 Å². The normalized spacial score (nSPS) is 14.0. The number of halogens is 2. The third-order valence-electron chi connectivity index (χ3n) is 3.89. The van der Waals surface area contributed by atoms with E-state index in [9.17, 15) is 13.2 Å². The summed E-state index contributed by atoms with van der Waals surface area (Å²) in [6, 6.07) is 10.9. The summed E-state index contributed by atoms with van der Waals surface area (Å²) in [6.45, 7) is -0.451. The first-order valence-corrected chi connectivity index (χ1v) is 11.7. The van der Waals surface area contributed by atoms with Crippen molar-refractivity contribution in [1.82, 2.24) is 10.0 Å². The summed E-state index contributed by atoms with van der Waals surface area (Å²) in [5, 5.41) is 11.8. The molecule has 0 atom stereocenters. The van der Waals surface area contributed by atoms with E-state index in [0.29, 0.717) is 32.8 Å². The number of thioether (sulfide) groups is 1. The molecule has 2 N–H and O–H groups in total. The van der Waals surface area contributed by atoms with E-state index in [1.165, 1.54) is 43.1 Å². The zero-order valence-corrected chi connectivity index (χ0v) is 18.7. The molecule has 0 saturated carbocycles. The number of nitrogens with one attached hydrogen (secondary N) is 2. The van der Waals surface area contributed by atoms with Crippen LogP contribution in [0.3, 0.4) is 0 Å². The lowest BCUT2D eigenvalue weighted by Crippen LogP contribution is -2.39. The van der Waals surface area contributed by atoms with Crippen LogP contribution in [0, 0.1) is 0 Å². The zero-order chi connectivity index (χ0) is 21.7. The van der Waals surface area contributed by atoms with Crippen LogP contribution in [-0.4, -0.2) is 44.6 Å². The van der Waals surface area contributed by atoms with Gasteiger partial charge in [0.05, 0.1) is 29.3 Å². The van der Waals surface area contributed by atoms with Crippen LogP contribution in [0.4, 0.5) is 0 Å². The van der Waals surface area contributed by atoms with Gasteiger partial charge in [-0.25, -0.2) is 13.1 Å². The van der Waals surface area contributed by atoms with Crippen molar-refractivity contribution < 1.29 is 17.9 Å². The molecule has 2 aromatic rings. The molecule has 3 rings (SSSR count). The molecule has 0 aliphatic carbocycles. The second-order valence-corrected chi connectivity index (χ2v) is 9.49. The fraction of sp³-hybridized carbons (Fsp3) is 0.167. The Kier molecular flexibility index (Phi) is 7.37. The molecular weight excluding hydrogens is 471 g/mol. The van der Waals surface area contributed by atoms with Gasteiger partial charge in [-0.05, 0) is 36.4 Å². The Morgan fingerprint density at radius 3 is 2.50 bits per heavy atom. The summed E-state index contributed by atoms with van der Waals surface area (Å²) in [4.78, 5) is 12.1. The van der Waals surface area contributed by atoms with E-state index in [2.05, 4.69) is 20.2 Å². The van der Waals surface area contributed by atoms with Crippen LogP contribution in [0.25, 0.3) is 0 Å². The van der Waals surface area contributed by atoms with Gasteiger partial charge in [0, 0.05) is 16.3 Å². The molecule has 0 fully saturated rings. The van der Waals surface area contributed by atoms with Gasteiger partial charge < -0.3 is 10.1 Å². The molecule has 1 heterocycles. The third-order valence-corrected chi connectivity index (χ3v) is 6.73. The average Bonchev–Trinajstić information content (AvgIpc) is 2.73. The van der Waals surface area contributed by atoms with Crippen LogP contribution < -0.4 is 14.8 Å². The average molecular weight is 487 g/mol. The maximum absolute atomic E-state index is 12.3. The van der Waals surface area contributed by atoms with Gasteiger partial charge in [0.2, 0.25) is 15.9 Å². The number of carbonyl (C=O) groups is 1. The minimum atomic E-state index is -3.84. The number of sulfonamides is 1. The highest BCUT2D eigenvalue weighted by Gasteiger charge is 2.19. The molecule has 1 amide bonds. The predicted molar refractivity (Wildman–Crippen MR) is 119 cm³/mol. The highest BCUT2D eigenvalue weighted by Crippen LogP contribution is 2.24. The summed E-state index contributed by atoms with van der Waals surface area (Å²) < 4.78 is 31.8. The molecule has 0 bridgehead atoms. The Labute approximate surface area is 187 Å². The maximum Gasteiger partial charge on any atom is 0.241 e. The van der Waals surface area contributed by atoms with Crippen molar-refractivity contribution in [3.05, 3.63) is 58.1 Å². The lowest BCUT2D eigenvalue weighted by atomic mass is 10.1. The molecule has 0 unspecified atom stereocenters. The largest absolute Gasteiger partial charge is 0.497 e. The molecule has 2 aromatic carbocycles. The Morgan fingerprint density at radius 2 is 1.90 bits per heavy atom. The van der Waals surface area contributed by atoms with Gasteiger partial charge in [0.15, 0.2) is 5.17 Å². The summed E-state index contributed by atoms with van der Waals surface area (Å²) >= 11 is 13.3. The number of hydrogen-bond donors (Lipinski definition) is 2. The monoisotopic (exact) mass is 486 g/mol. The van der Waals surface area contributed by atoms with Gasteiger partial charge in [-0.2, -0.15) is 5.10 Å². The smallest absolute Gasteiger partial charge is 0.241 e. The van der Waals surface area contributed by atoms with E-state index < -0.39 is 22.5 Å². The first kappa shape index (κ1) is 22.6. The summed E-state index contributed by atoms with van der Waals surface area (Å²) in [5.74, 6) is 0.387. The molecule has 30 heavy (non-hydrogen) atoms. The number of amides is 1. The quantitative estimate of drug-likeness (QED) is 0.652. The minimum absolute atomic E-state index is 0.0227. The topological polar surface area (TPSA) is 109 Å². The van der Waals surface area contributed by atoms with Gasteiger partial charge in [0.25, 0.3) is 0 Å². The fourth-order valence-corrected chi connectivity index (χ4v) is 4.65. The molecule has 1 aliphatic rings. The van der Waals surface area contributed by atoms with Crippen LogP contribution in [0.2, 0.25) is 10.0 Å². The molecular formula is C18H16Cl2N4O4S2. The van der Waals surface area contributed by atoms with E-state index >= 15 is 0 Å². The minimum Gasteiger partial charge on any atom is -0.497 e. The third kappa shape index (κ3) is 5.73. The first-order chi connectivity index (χ1) is 14.3. The lowest BCUT2D eigenvalue weighted by molar-refractivity contribution is -0.118. The van der Waals surface area contributed by atoms with E-state index in [4.69, 9.17) is 27.9 Å². The first-order valence-electron chi connectivity index (χ1n) is 8.45. The molecule has 8 nitrogen and oxygen atoms in total. The Bertz CT molecular complexity index is 1120. The lowest BCUT2D eigenvalue weighted by Gasteiger charge is -2.14. The summed E-state index contributed by atoms with van der Waals surface area (Å²) in [6.07, 6.45) is 0. The zero-order valence-electron chi connectivity index (χ0n) is 15.6. The number of methoxy groups -OCH3 is 1. The molecule has 0 radical (unpaired) electrons. The van der Waals surface area contributed by atoms with Crippen LogP contribution in [0.5, 0.6) is 5.75 Å². The van der Waals surface area contributed by atoms with Gasteiger partial charge in [-0.15, -0.1) is 5.10 Å². The Balaban J connectivity index is 1.58. The van der Waals surface area contributed by atoms with Crippen LogP contribution in [0.15, 0.2) is 57.6 Å². The number of amidine groups is 1. The van der Waals surface area contributed by atoms with E-state index in [-0.39, 0.29) is 10.1 Å². The standard InChI is InChI=1S/C18H16Cl2N4O4S2/c1-28-12-3-5-13(6-4-12)30(26,27)21-9-17(25)22-18-24-23-16(10-29-18)14-7-2-11(19)8-15(14)20/h2-8,21H,9-10H2,1H3,(H,22,24,25). The van der Waals surface area contributed by atoms with Gasteiger partial charge >= 0.3 is 0 Å². The van der Waals surface area contributed by atoms with Crippen molar-refractivity contribution in [3.8, 4) is 5.75 Å². The molecule has 0 saturated heterocycles. The molecule has 1 aliphatic heterocycles. The SMILES string of the molecule is COc1ccc(S(=O)(=O)NCC(=O)NC2=NN=C(c3ccc(Cl)cc3Cl)CS2)cc1. The molecule has 158 valence electrons. The number of ether oxygens (including phenoxy) is 1. The van der Waals surface area contributed by atoms with E-state index in [1.54, 1.807) is 18.2 Å². The molecule has 0 aromatic heterocycles. The highest BCUT2D eigenvalue weighted by molar-refractivity contribution is 8.14. The van der Waals surface area contributed by atoms with Crippen LogP contribution in [0.1, 0.15) is 5.56 Å². The number of hydrogen-bond acceptors (Lipinski definition) is 7. The second-order valence-electron chi connectivity index (χ2n) is 5.91. The summed E-state index contributed by atoms with van der Waals surface area (Å²) in [7, 11) is -2.36. The van der Waals surface area contributed by atoms with Gasteiger partial charge in [0.1, 0.15) is 5.75 Å². The van der Waals surface area contributed by atoms with E-state index in [0.717, 1.165) is 0 Å². The van der Waals surface area contributed by atoms with Crippen LogP contribution >= 0.6 is 35.0 Å². The Hall–Kier alpha value is -2.11. The van der Waals surface area contributed by atoms with Gasteiger partial charge in [-0.3, -0.25) is 4.79 Å². The maximum atomic E-state index is 12.3. The number of carbonyl (C=O) groups excluding carboxylic acids is 1. The Morgan fingerprint density at radius 1 is 1.17 bits per heavy atom. The van der Waals surface area contributed by atoms with Crippen molar-refractivity contribution >= 4 is 61.8 Å². The van der Waals surface area contributed by atoms with Crippen molar-refractivity contribution in [3.63, 3.8) is 0 Å². The second kappa shape index (κ2) is 9.80. The predicted octanol–water partition coefficient (Wildman–Crippen LogP) is 2.90. The fourth-order valence-electron chi connectivity index (χ4n) is 2.38. The number of benzene rings is 2. The molecule has 12 heteroatoms. The van der Waals surface area contributed by atoms with Crippen molar-refractivity contribution in [2.45, 2.75) is 4.90 Å². The van der Waals surface area contributed by atoms with E-state index in [1.807, 2.05) is 0 Å². The van der Waals surface area contributed by atoms with Crippen molar-refractivity contribution in [2.75, 3.05) is 19.4 Å². The highest BCUT2D eigenvalue weighted by atomic mass is 35.5.